The number of carbonyl (C=O) groups excluding carboxylic acids is 1. The van der Waals surface area contributed by atoms with Gasteiger partial charge in [-0.2, -0.15) is 0 Å². The number of ether oxygens (including phenoxy) is 2. The van der Waals surface area contributed by atoms with Gasteiger partial charge in [-0.25, -0.2) is 4.79 Å². The third-order valence-corrected chi connectivity index (χ3v) is 3.53. The van der Waals surface area contributed by atoms with Gasteiger partial charge in [0.2, 0.25) is 0 Å². The van der Waals surface area contributed by atoms with Gasteiger partial charge < -0.3 is 9.47 Å². The van der Waals surface area contributed by atoms with Gasteiger partial charge in [-0.3, -0.25) is 4.90 Å². The maximum Gasteiger partial charge on any atom is 0.410 e. The van der Waals surface area contributed by atoms with Crippen LogP contribution in [0.4, 0.5) is 4.79 Å². The van der Waals surface area contributed by atoms with E-state index in [1.165, 1.54) is 11.1 Å². The highest BCUT2D eigenvalue weighted by molar-refractivity contribution is 5.72. The summed E-state index contributed by atoms with van der Waals surface area (Å²) in [7, 11) is 1.66. The Hall–Kier alpha value is -1.55. The third-order valence-electron chi connectivity index (χ3n) is 3.53. The topological polar surface area (TPSA) is 38.8 Å². The summed E-state index contributed by atoms with van der Waals surface area (Å²) in [5, 5.41) is 0. The number of methoxy groups -OCH3 is 1. The number of hydrogen-bond donors (Lipinski definition) is 0. The highest BCUT2D eigenvalue weighted by Gasteiger charge is 2.43. The predicted molar refractivity (Wildman–Crippen MR) is 61.7 cm³/mol. The van der Waals surface area contributed by atoms with E-state index in [2.05, 4.69) is 12.1 Å². The average molecular weight is 233 g/mol. The Labute approximate surface area is 100 Å². The molecule has 0 N–H and O–H groups in total. The summed E-state index contributed by atoms with van der Waals surface area (Å²) < 4.78 is 10.4. The number of benzene rings is 1. The molecule has 0 bridgehead atoms. The minimum absolute atomic E-state index is 0.0626. The molecule has 1 amide bonds. The minimum atomic E-state index is -0.216. The van der Waals surface area contributed by atoms with Crippen LogP contribution in [0.5, 0.6) is 0 Å². The van der Waals surface area contributed by atoms with E-state index in [9.17, 15) is 4.79 Å². The molecule has 1 aromatic rings. The lowest BCUT2D eigenvalue weighted by atomic mass is 9.89. The van der Waals surface area contributed by atoms with Gasteiger partial charge >= 0.3 is 6.09 Å². The first-order chi connectivity index (χ1) is 8.31. The quantitative estimate of drug-likeness (QED) is 0.781. The van der Waals surface area contributed by atoms with Crippen molar-refractivity contribution >= 4 is 6.09 Å². The van der Waals surface area contributed by atoms with E-state index in [1.54, 1.807) is 7.11 Å². The van der Waals surface area contributed by atoms with Gasteiger partial charge in [-0.1, -0.05) is 24.3 Å². The number of nitrogens with zero attached hydrogens (tertiary/aromatic N) is 1. The molecule has 2 aliphatic rings. The smallest absolute Gasteiger partial charge is 0.410 e. The Kier molecular flexibility index (Phi) is 2.52. The van der Waals surface area contributed by atoms with Crippen LogP contribution in [0.3, 0.4) is 0 Å². The Morgan fingerprint density at radius 3 is 3.12 bits per heavy atom. The van der Waals surface area contributed by atoms with E-state index in [1.807, 2.05) is 17.0 Å². The molecule has 1 aromatic carbocycles. The summed E-state index contributed by atoms with van der Waals surface area (Å²) in [5.74, 6) is 0. The van der Waals surface area contributed by atoms with Crippen LogP contribution in [0.15, 0.2) is 24.3 Å². The minimum Gasteiger partial charge on any atom is -0.447 e. The van der Waals surface area contributed by atoms with E-state index in [4.69, 9.17) is 9.47 Å². The van der Waals surface area contributed by atoms with Gasteiger partial charge in [0.05, 0.1) is 18.7 Å². The molecule has 0 spiro atoms. The molecule has 0 aliphatic carbocycles. The van der Waals surface area contributed by atoms with E-state index in [0.29, 0.717) is 13.2 Å². The Morgan fingerprint density at radius 2 is 2.29 bits per heavy atom. The first-order valence-electron chi connectivity index (χ1n) is 5.83. The number of rotatable bonds is 2. The predicted octanol–water partition coefficient (Wildman–Crippen LogP) is 1.75. The molecule has 0 saturated carbocycles. The standard InChI is InChI=1S/C13H15NO3/c1-16-7-10-6-9-4-2-3-5-11(9)12-8-17-13(15)14(10)12/h2-5,10,12H,6-8H2,1H3/t10-,12-/m0/s1. The fraction of sp³-hybridized carbons (Fsp3) is 0.462. The molecule has 2 aliphatic heterocycles. The van der Waals surface area contributed by atoms with Gasteiger partial charge in [-0.05, 0) is 17.5 Å². The van der Waals surface area contributed by atoms with Gasteiger partial charge in [0.15, 0.2) is 0 Å². The Bertz CT molecular complexity index is 446. The zero-order valence-corrected chi connectivity index (χ0v) is 9.76. The van der Waals surface area contributed by atoms with Crippen LogP contribution in [0.1, 0.15) is 17.2 Å². The SMILES string of the molecule is COC[C@@H]1Cc2ccccc2[C@@H]2COC(=O)N12. The van der Waals surface area contributed by atoms with E-state index >= 15 is 0 Å². The van der Waals surface area contributed by atoms with Crippen LogP contribution in [-0.2, 0) is 15.9 Å². The number of carbonyl (C=O) groups is 1. The summed E-state index contributed by atoms with van der Waals surface area (Å²) in [6.07, 6.45) is 0.627. The zero-order valence-electron chi connectivity index (χ0n) is 9.76. The molecular formula is C13H15NO3. The molecule has 17 heavy (non-hydrogen) atoms. The average Bonchev–Trinajstić information content (AvgIpc) is 2.73. The van der Waals surface area contributed by atoms with Crippen molar-refractivity contribution in [1.29, 1.82) is 0 Å². The zero-order chi connectivity index (χ0) is 11.8. The normalized spacial score (nSPS) is 26.4. The highest BCUT2D eigenvalue weighted by Crippen LogP contribution is 2.37. The van der Waals surface area contributed by atoms with Crippen molar-refractivity contribution in [2.24, 2.45) is 0 Å². The Morgan fingerprint density at radius 1 is 1.47 bits per heavy atom. The van der Waals surface area contributed by atoms with Crippen LogP contribution < -0.4 is 0 Å². The van der Waals surface area contributed by atoms with Crippen molar-refractivity contribution in [2.75, 3.05) is 20.3 Å². The van der Waals surface area contributed by atoms with Crippen LogP contribution in [0.25, 0.3) is 0 Å². The van der Waals surface area contributed by atoms with Gasteiger partial charge in [0.1, 0.15) is 6.61 Å². The first kappa shape index (κ1) is 10.6. The van der Waals surface area contributed by atoms with Crippen LogP contribution in [0.2, 0.25) is 0 Å². The van der Waals surface area contributed by atoms with E-state index in [-0.39, 0.29) is 18.2 Å². The van der Waals surface area contributed by atoms with Crippen LogP contribution >= 0.6 is 0 Å². The van der Waals surface area contributed by atoms with Gasteiger partial charge in [0.25, 0.3) is 0 Å². The monoisotopic (exact) mass is 233 g/mol. The number of cyclic esters (lactones) is 1. The number of hydrogen-bond acceptors (Lipinski definition) is 3. The Balaban J connectivity index is 2.01. The van der Waals surface area contributed by atoms with Crippen molar-refractivity contribution < 1.29 is 14.3 Å². The summed E-state index contributed by atoms with van der Waals surface area (Å²) >= 11 is 0. The summed E-state index contributed by atoms with van der Waals surface area (Å²) in [5.41, 5.74) is 2.51. The van der Waals surface area contributed by atoms with Crippen molar-refractivity contribution in [2.45, 2.75) is 18.5 Å². The molecule has 0 unspecified atom stereocenters. The molecule has 2 atom stereocenters. The molecule has 90 valence electrons. The van der Waals surface area contributed by atoms with E-state index < -0.39 is 0 Å². The van der Waals surface area contributed by atoms with Gasteiger partial charge in [-0.15, -0.1) is 0 Å². The molecule has 4 heteroatoms. The molecule has 2 heterocycles. The lowest BCUT2D eigenvalue weighted by molar-refractivity contribution is 0.0864. The third kappa shape index (κ3) is 1.60. The van der Waals surface area contributed by atoms with Crippen molar-refractivity contribution in [1.82, 2.24) is 4.90 Å². The second-order valence-electron chi connectivity index (χ2n) is 4.51. The van der Waals surface area contributed by atoms with Crippen molar-refractivity contribution in [3.05, 3.63) is 35.4 Å². The maximum atomic E-state index is 11.8. The van der Waals surface area contributed by atoms with Crippen molar-refractivity contribution in [3.8, 4) is 0 Å². The largest absolute Gasteiger partial charge is 0.447 e. The summed E-state index contributed by atoms with van der Waals surface area (Å²) in [6, 6.07) is 8.41. The second-order valence-corrected chi connectivity index (χ2v) is 4.51. The fourth-order valence-electron chi connectivity index (χ4n) is 2.80. The summed E-state index contributed by atoms with van der Waals surface area (Å²) in [4.78, 5) is 13.6. The molecule has 3 rings (SSSR count). The highest BCUT2D eigenvalue weighted by atomic mass is 16.6. The molecule has 0 radical (unpaired) electrons. The fourth-order valence-corrected chi connectivity index (χ4v) is 2.80. The summed E-state index contributed by atoms with van der Waals surface area (Å²) in [6.45, 7) is 1.01. The molecular weight excluding hydrogens is 218 g/mol. The lowest BCUT2D eigenvalue weighted by Gasteiger charge is -2.36. The number of amides is 1. The molecule has 1 fully saturated rings. The maximum absolute atomic E-state index is 11.8. The van der Waals surface area contributed by atoms with Crippen LogP contribution in [0, 0.1) is 0 Å². The molecule has 0 aromatic heterocycles. The van der Waals surface area contributed by atoms with Gasteiger partial charge in [0, 0.05) is 7.11 Å². The van der Waals surface area contributed by atoms with E-state index in [0.717, 1.165) is 6.42 Å². The second kappa shape index (κ2) is 4.04. The first-order valence-corrected chi connectivity index (χ1v) is 5.83. The van der Waals surface area contributed by atoms with Crippen molar-refractivity contribution in [3.63, 3.8) is 0 Å². The number of fused-ring (bicyclic) bond motifs is 3. The lowest BCUT2D eigenvalue weighted by Crippen LogP contribution is -2.45. The van der Waals surface area contributed by atoms with Crippen LogP contribution in [-0.4, -0.2) is 37.4 Å². The molecule has 1 saturated heterocycles. The molecule has 4 nitrogen and oxygen atoms in total.